The summed E-state index contributed by atoms with van der Waals surface area (Å²) in [6.45, 7) is 1.87. The molecule has 4 aromatic rings. The van der Waals surface area contributed by atoms with Gasteiger partial charge in [-0.05, 0) is 28.8 Å². The fourth-order valence-corrected chi connectivity index (χ4v) is 5.41. The van der Waals surface area contributed by atoms with Crippen LogP contribution in [0.2, 0.25) is 0 Å². The van der Waals surface area contributed by atoms with Gasteiger partial charge in [0.15, 0.2) is 0 Å². The van der Waals surface area contributed by atoms with Crippen LogP contribution >= 0.6 is 11.8 Å². The van der Waals surface area contributed by atoms with E-state index in [2.05, 4.69) is 48.5 Å². The summed E-state index contributed by atoms with van der Waals surface area (Å²) in [5, 5.41) is 0. The van der Waals surface area contributed by atoms with Crippen molar-refractivity contribution in [3.05, 3.63) is 138 Å². The molecular formula is C32H32O4S. The van der Waals surface area contributed by atoms with Crippen molar-refractivity contribution in [2.75, 3.05) is 6.61 Å². The molecule has 0 radical (unpaired) electrons. The van der Waals surface area contributed by atoms with Crippen LogP contribution in [0.4, 0.5) is 0 Å². The number of hydrogen-bond acceptors (Lipinski definition) is 5. The molecule has 1 heterocycles. The summed E-state index contributed by atoms with van der Waals surface area (Å²) < 4.78 is 26.0. The van der Waals surface area contributed by atoms with Crippen molar-refractivity contribution in [2.24, 2.45) is 0 Å². The molecule has 4 aromatic carbocycles. The Balaban J connectivity index is 1.37. The molecule has 190 valence electrons. The van der Waals surface area contributed by atoms with Crippen LogP contribution in [0.3, 0.4) is 0 Å². The van der Waals surface area contributed by atoms with Gasteiger partial charge in [0.25, 0.3) is 0 Å². The third-order valence-electron chi connectivity index (χ3n) is 6.26. The Morgan fingerprint density at radius 3 is 1.49 bits per heavy atom. The van der Waals surface area contributed by atoms with Crippen LogP contribution in [0.1, 0.15) is 16.7 Å². The summed E-state index contributed by atoms with van der Waals surface area (Å²) in [6.07, 6.45) is -0.899. The molecule has 1 saturated heterocycles. The van der Waals surface area contributed by atoms with E-state index in [1.165, 1.54) is 0 Å². The first kappa shape index (κ1) is 25.7. The van der Waals surface area contributed by atoms with Crippen LogP contribution in [0.25, 0.3) is 0 Å². The second-order valence-electron chi connectivity index (χ2n) is 8.99. The molecule has 1 fully saturated rings. The van der Waals surface area contributed by atoms with Gasteiger partial charge in [-0.25, -0.2) is 0 Å². The van der Waals surface area contributed by atoms with Gasteiger partial charge >= 0.3 is 0 Å². The second-order valence-corrected chi connectivity index (χ2v) is 10.2. The Hall–Kier alpha value is -2.93. The number of hydrogen-bond donors (Lipinski definition) is 0. The molecule has 5 rings (SSSR count). The van der Waals surface area contributed by atoms with E-state index in [1.54, 1.807) is 11.8 Å². The van der Waals surface area contributed by atoms with Crippen LogP contribution in [0.5, 0.6) is 0 Å². The number of benzene rings is 4. The highest BCUT2D eigenvalue weighted by Gasteiger charge is 2.43. The molecule has 0 bridgehead atoms. The summed E-state index contributed by atoms with van der Waals surface area (Å²) in [4.78, 5) is 1.13. The van der Waals surface area contributed by atoms with Crippen LogP contribution < -0.4 is 0 Å². The molecule has 4 nitrogen and oxygen atoms in total. The molecule has 0 N–H and O–H groups in total. The highest BCUT2D eigenvalue weighted by Crippen LogP contribution is 2.35. The first-order valence-corrected chi connectivity index (χ1v) is 13.5. The van der Waals surface area contributed by atoms with Crippen molar-refractivity contribution >= 4 is 11.8 Å². The van der Waals surface area contributed by atoms with Crippen molar-refractivity contribution in [1.29, 1.82) is 0 Å². The van der Waals surface area contributed by atoms with Gasteiger partial charge in [-0.2, -0.15) is 0 Å². The summed E-state index contributed by atoms with van der Waals surface area (Å²) in [5.41, 5.74) is 3.11. The van der Waals surface area contributed by atoms with Gasteiger partial charge in [-0.1, -0.05) is 121 Å². The van der Waals surface area contributed by atoms with Crippen molar-refractivity contribution < 1.29 is 18.9 Å². The fraction of sp³-hybridized carbons (Fsp3) is 0.250. The first-order chi connectivity index (χ1) is 18.3. The van der Waals surface area contributed by atoms with Gasteiger partial charge < -0.3 is 18.9 Å². The van der Waals surface area contributed by atoms with Gasteiger partial charge in [0.05, 0.1) is 26.4 Å². The Labute approximate surface area is 223 Å². The monoisotopic (exact) mass is 512 g/mol. The third-order valence-corrected chi connectivity index (χ3v) is 7.44. The number of thioether (sulfide) groups is 1. The topological polar surface area (TPSA) is 36.9 Å². The van der Waals surface area contributed by atoms with E-state index < -0.39 is 0 Å². The Bertz CT molecular complexity index is 1170. The van der Waals surface area contributed by atoms with Crippen LogP contribution in [-0.4, -0.2) is 30.4 Å². The summed E-state index contributed by atoms with van der Waals surface area (Å²) >= 11 is 1.67. The van der Waals surface area contributed by atoms with Crippen molar-refractivity contribution in [2.45, 2.75) is 48.5 Å². The van der Waals surface area contributed by atoms with E-state index >= 15 is 0 Å². The largest absolute Gasteiger partial charge is 0.368 e. The van der Waals surface area contributed by atoms with E-state index in [0.717, 1.165) is 21.6 Å². The lowest BCUT2D eigenvalue weighted by Crippen LogP contribution is -2.55. The molecule has 1 aliphatic heterocycles. The number of rotatable bonds is 11. The molecule has 0 spiro atoms. The molecule has 1 aliphatic rings. The lowest BCUT2D eigenvalue weighted by atomic mass is 10.0. The zero-order valence-corrected chi connectivity index (χ0v) is 21.5. The maximum atomic E-state index is 6.60. The van der Waals surface area contributed by atoms with Crippen LogP contribution in [0.15, 0.2) is 126 Å². The van der Waals surface area contributed by atoms with Crippen molar-refractivity contribution in [1.82, 2.24) is 0 Å². The molecular weight excluding hydrogens is 480 g/mol. The van der Waals surface area contributed by atoms with Crippen LogP contribution in [0, 0.1) is 0 Å². The third kappa shape index (κ3) is 7.54. The predicted octanol–water partition coefficient (Wildman–Crippen LogP) is 6.89. The second kappa shape index (κ2) is 13.6. The van der Waals surface area contributed by atoms with E-state index in [4.69, 9.17) is 18.9 Å². The maximum Gasteiger partial charge on any atom is 0.136 e. The van der Waals surface area contributed by atoms with E-state index in [-0.39, 0.29) is 23.7 Å². The number of ether oxygens (including phenoxy) is 4. The minimum atomic E-state index is -0.330. The molecule has 0 saturated carbocycles. The summed E-state index contributed by atoms with van der Waals surface area (Å²) in [6, 6.07) is 41.0. The lowest BCUT2D eigenvalue weighted by Gasteiger charge is -2.42. The minimum Gasteiger partial charge on any atom is -0.368 e. The predicted molar refractivity (Wildman–Crippen MR) is 147 cm³/mol. The first-order valence-electron chi connectivity index (χ1n) is 12.6. The van der Waals surface area contributed by atoms with Crippen molar-refractivity contribution in [3.63, 3.8) is 0 Å². The van der Waals surface area contributed by atoms with E-state index in [1.807, 2.05) is 72.8 Å². The zero-order chi connectivity index (χ0) is 25.1. The quantitative estimate of drug-likeness (QED) is 0.219. The Morgan fingerprint density at radius 1 is 0.541 bits per heavy atom. The molecule has 0 unspecified atom stereocenters. The molecule has 0 amide bonds. The highest BCUT2D eigenvalue weighted by atomic mass is 32.2. The van der Waals surface area contributed by atoms with Gasteiger partial charge in [-0.15, -0.1) is 0 Å². The van der Waals surface area contributed by atoms with Gasteiger partial charge in [0.1, 0.15) is 23.7 Å². The average molecular weight is 513 g/mol. The maximum absolute atomic E-state index is 6.60. The minimum absolute atomic E-state index is 0.233. The molecule has 4 atom stereocenters. The van der Waals surface area contributed by atoms with Gasteiger partial charge in [0, 0.05) is 4.90 Å². The lowest BCUT2D eigenvalue weighted by molar-refractivity contribution is -0.220. The standard InChI is InChI=1S/C32H32O4S/c1-5-13-25(14-6-1)21-33-29-24-36-32(37-28-19-11-4-12-20-28)31(35-23-27-17-9-3-10-18-27)30(29)34-22-26-15-7-2-8-16-26/h1-20,29-32H,21-24H2/t29-,30+,31-,32-/m1/s1. The molecule has 0 aliphatic carbocycles. The average Bonchev–Trinajstić information content (AvgIpc) is 2.97. The SMILES string of the molecule is c1ccc(CO[C@@H]2[C@@H](OCc3ccccc3)[C@H](OCc3ccccc3)CO[C@@H]2Sc2ccccc2)cc1. The fourth-order valence-electron chi connectivity index (χ4n) is 4.31. The Morgan fingerprint density at radius 2 is 0.973 bits per heavy atom. The van der Waals surface area contributed by atoms with Crippen molar-refractivity contribution in [3.8, 4) is 0 Å². The van der Waals surface area contributed by atoms with Gasteiger partial charge in [0.2, 0.25) is 0 Å². The Kier molecular flexibility index (Phi) is 9.43. The molecule has 0 aromatic heterocycles. The highest BCUT2D eigenvalue weighted by molar-refractivity contribution is 7.99. The molecule has 5 heteroatoms. The zero-order valence-electron chi connectivity index (χ0n) is 20.7. The smallest absolute Gasteiger partial charge is 0.136 e. The van der Waals surface area contributed by atoms with Crippen LogP contribution in [-0.2, 0) is 38.8 Å². The van der Waals surface area contributed by atoms with E-state index in [9.17, 15) is 0 Å². The summed E-state index contributed by atoms with van der Waals surface area (Å²) in [7, 11) is 0. The van der Waals surface area contributed by atoms with E-state index in [0.29, 0.717) is 26.4 Å². The van der Waals surface area contributed by atoms with Gasteiger partial charge in [-0.3, -0.25) is 0 Å². The normalized spacial score (nSPS) is 21.5. The molecule has 37 heavy (non-hydrogen) atoms. The summed E-state index contributed by atoms with van der Waals surface area (Å²) in [5.74, 6) is 0.